The number of nitrogens with zero attached hydrogens (tertiary/aromatic N) is 3. The van der Waals surface area contributed by atoms with Gasteiger partial charge in [0.1, 0.15) is 5.75 Å². The lowest BCUT2D eigenvalue weighted by atomic mass is 10.2. The Kier molecular flexibility index (Phi) is 4.40. The number of carbonyl (C=O) groups is 1. The summed E-state index contributed by atoms with van der Waals surface area (Å²) in [6.07, 6.45) is 0. The Labute approximate surface area is 134 Å². The van der Waals surface area contributed by atoms with Crippen LogP contribution in [-0.2, 0) is 0 Å². The number of hydrogen-bond donors (Lipinski definition) is 0. The molecular weight excluding hydrogens is 298 g/mol. The van der Waals surface area contributed by atoms with Gasteiger partial charge in [-0.25, -0.2) is 4.98 Å². The molecule has 0 N–H and O–H groups in total. The molecule has 6 heteroatoms. The second-order valence-electron chi connectivity index (χ2n) is 5.36. The molecule has 1 aliphatic rings. The summed E-state index contributed by atoms with van der Waals surface area (Å²) in [5.74, 6) is 0.852. The Bertz CT molecular complexity index is 646. The standard InChI is InChI=1S/C16H19N3O2S/c1-18-7-9-19(10-8-18)16(20)15-17-14(11-22-15)12-3-5-13(21-2)6-4-12/h3-6,11H,7-10H2,1-2H3. The lowest BCUT2D eigenvalue weighted by Gasteiger charge is -2.31. The normalized spacial score (nSPS) is 15.8. The summed E-state index contributed by atoms with van der Waals surface area (Å²) in [4.78, 5) is 21.1. The quantitative estimate of drug-likeness (QED) is 0.871. The second-order valence-corrected chi connectivity index (χ2v) is 6.22. The van der Waals surface area contributed by atoms with Crippen LogP contribution in [0.3, 0.4) is 0 Å². The van der Waals surface area contributed by atoms with E-state index in [0.717, 1.165) is 43.2 Å². The van der Waals surface area contributed by atoms with E-state index in [2.05, 4.69) is 16.9 Å². The highest BCUT2D eigenvalue weighted by Gasteiger charge is 2.22. The van der Waals surface area contributed by atoms with Gasteiger partial charge < -0.3 is 14.5 Å². The number of methoxy groups -OCH3 is 1. The van der Waals surface area contributed by atoms with Crippen molar-refractivity contribution in [2.45, 2.75) is 0 Å². The Morgan fingerprint density at radius 2 is 1.86 bits per heavy atom. The van der Waals surface area contributed by atoms with Crippen molar-refractivity contribution in [3.05, 3.63) is 34.7 Å². The second kappa shape index (κ2) is 6.46. The number of amides is 1. The van der Waals surface area contributed by atoms with Crippen molar-refractivity contribution in [2.24, 2.45) is 0 Å². The molecule has 1 aliphatic heterocycles. The van der Waals surface area contributed by atoms with E-state index in [9.17, 15) is 4.79 Å². The Hall–Kier alpha value is -1.92. The monoisotopic (exact) mass is 317 g/mol. The van der Waals surface area contributed by atoms with E-state index in [1.54, 1.807) is 7.11 Å². The van der Waals surface area contributed by atoms with Crippen molar-refractivity contribution in [1.29, 1.82) is 0 Å². The zero-order chi connectivity index (χ0) is 15.5. The number of rotatable bonds is 3. The van der Waals surface area contributed by atoms with Crippen LogP contribution in [0.5, 0.6) is 5.75 Å². The van der Waals surface area contributed by atoms with Crippen LogP contribution >= 0.6 is 11.3 Å². The van der Waals surface area contributed by atoms with E-state index in [1.807, 2.05) is 34.5 Å². The highest BCUT2D eigenvalue weighted by atomic mass is 32.1. The third-order valence-electron chi connectivity index (χ3n) is 3.86. The van der Waals surface area contributed by atoms with Crippen molar-refractivity contribution in [2.75, 3.05) is 40.3 Å². The zero-order valence-electron chi connectivity index (χ0n) is 12.8. The van der Waals surface area contributed by atoms with Crippen LogP contribution in [0.1, 0.15) is 9.80 Å². The minimum absolute atomic E-state index is 0.0397. The molecule has 0 radical (unpaired) electrons. The molecule has 0 unspecified atom stereocenters. The number of aromatic nitrogens is 1. The van der Waals surface area contributed by atoms with Crippen LogP contribution in [0.15, 0.2) is 29.6 Å². The van der Waals surface area contributed by atoms with Crippen molar-refractivity contribution < 1.29 is 9.53 Å². The Morgan fingerprint density at radius 1 is 1.18 bits per heavy atom. The lowest BCUT2D eigenvalue weighted by Crippen LogP contribution is -2.47. The first-order valence-electron chi connectivity index (χ1n) is 7.25. The first kappa shape index (κ1) is 15.0. The van der Waals surface area contributed by atoms with Gasteiger partial charge in [0.2, 0.25) is 0 Å². The van der Waals surface area contributed by atoms with Crippen LogP contribution in [0.2, 0.25) is 0 Å². The van der Waals surface area contributed by atoms with Gasteiger partial charge in [-0.2, -0.15) is 0 Å². The van der Waals surface area contributed by atoms with Crippen LogP contribution in [0, 0.1) is 0 Å². The van der Waals surface area contributed by atoms with Crippen LogP contribution in [0.4, 0.5) is 0 Å². The molecule has 0 spiro atoms. The molecule has 0 aliphatic carbocycles. The van der Waals surface area contributed by atoms with Crippen molar-refractivity contribution in [3.8, 4) is 17.0 Å². The summed E-state index contributed by atoms with van der Waals surface area (Å²) < 4.78 is 5.15. The van der Waals surface area contributed by atoms with Gasteiger partial charge in [-0.3, -0.25) is 4.79 Å². The van der Waals surface area contributed by atoms with E-state index >= 15 is 0 Å². The molecule has 2 heterocycles. The number of hydrogen-bond acceptors (Lipinski definition) is 5. The van der Waals surface area contributed by atoms with Crippen LogP contribution < -0.4 is 4.74 Å². The van der Waals surface area contributed by atoms with E-state index in [4.69, 9.17) is 4.74 Å². The van der Waals surface area contributed by atoms with Crippen molar-refractivity contribution in [3.63, 3.8) is 0 Å². The smallest absolute Gasteiger partial charge is 0.282 e. The first-order chi connectivity index (χ1) is 10.7. The predicted octanol–water partition coefficient (Wildman–Crippen LogP) is 2.21. The van der Waals surface area contributed by atoms with E-state index in [-0.39, 0.29) is 5.91 Å². The van der Waals surface area contributed by atoms with Gasteiger partial charge in [0.05, 0.1) is 12.8 Å². The van der Waals surface area contributed by atoms with E-state index < -0.39 is 0 Å². The summed E-state index contributed by atoms with van der Waals surface area (Å²) in [5, 5.41) is 2.50. The predicted molar refractivity (Wildman–Crippen MR) is 87.5 cm³/mol. The van der Waals surface area contributed by atoms with E-state index in [1.165, 1.54) is 11.3 Å². The van der Waals surface area contributed by atoms with Gasteiger partial charge in [-0.1, -0.05) is 0 Å². The van der Waals surface area contributed by atoms with Gasteiger partial charge >= 0.3 is 0 Å². The molecule has 3 rings (SSSR count). The minimum atomic E-state index is 0.0397. The average molecular weight is 317 g/mol. The largest absolute Gasteiger partial charge is 0.497 e. The fourth-order valence-corrected chi connectivity index (χ4v) is 3.20. The Morgan fingerprint density at radius 3 is 2.50 bits per heavy atom. The molecule has 1 aromatic heterocycles. The van der Waals surface area contributed by atoms with E-state index in [0.29, 0.717) is 5.01 Å². The summed E-state index contributed by atoms with van der Waals surface area (Å²) in [6, 6.07) is 7.71. The highest BCUT2D eigenvalue weighted by Crippen LogP contribution is 2.25. The maximum Gasteiger partial charge on any atom is 0.282 e. The molecule has 0 saturated carbocycles. The number of thiazole rings is 1. The van der Waals surface area contributed by atoms with Gasteiger partial charge in [0.15, 0.2) is 5.01 Å². The summed E-state index contributed by atoms with van der Waals surface area (Å²) in [7, 11) is 3.72. The van der Waals surface area contributed by atoms with Gasteiger partial charge in [-0.15, -0.1) is 11.3 Å². The van der Waals surface area contributed by atoms with Crippen molar-refractivity contribution in [1.82, 2.24) is 14.8 Å². The molecule has 1 aromatic carbocycles. The molecular formula is C16H19N3O2S. The molecule has 0 atom stereocenters. The summed E-state index contributed by atoms with van der Waals surface area (Å²) >= 11 is 1.41. The van der Waals surface area contributed by atoms with Crippen LogP contribution in [0.25, 0.3) is 11.3 Å². The highest BCUT2D eigenvalue weighted by molar-refractivity contribution is 7.12. The summed E-state index contributed by atoms with van der Waals surface area (Å²) in [6.45, 7) is 3.38. The Balaban J connectivity index is 1.73. The maximum absolute atomic E-state index is 12.5. The molecule has 1 fully saturated rings. The molecule has 5 nitrogen and oxygen atoms in total. The van der Waals surface area contributed by atoms with Gasteiger partial charge in [0.25, 0.3) is 5.91 Å². The van der Waals surface area contributed by atoms with Crippen LogP contribution in [-0.4, -0.2) is 61.0 Å². The molecule has 22 heavy (non-hydrogen) atoms. The molecule has 2 aromatic rings. The number of benzene rings is 1. The minimum Gasteiger partial charge on any atom is -0.497 e. The molecule has 1 amide bonds. The summed E-state index contributed by atoms with van der Waals surface area (Å²) in [5.41, 5.74) is 1.83. The van der Waals surface area contributed by atoms with Gasteiger partial charge in [0, 0.05) is 37.1 Å². The first-order valence-corrected chi connectivity index (χ1v) is 8.13. The molecule has 116 valence electrons. The molecule has 1 saturated heterocycles. The van der Waals surface area contributed by atoms with Gasteiger partial charge in [-0.05, 0) is 31.3 Å². The fraction of sp³-hybridized carbons (Fsp3) is 0.375. The average Bonchev–Trinajstić information content (AvgIpc) is 3.05. The maximum atomic E-state index is 12.5. The number of carbonyl (C=O) groups excluding carboxylic acids is 1. The zero-order valence-corrected chi connectivity index (χ0v) is 13.6. The molecule has 0 bridgehead atoms. The SMILES string of the molecule is COc1ccc(-c2csc(C(=O)N3CCN(C)CC3)n2)cc1. The third-order valence-corrected chi connectivity index (χ3v) is 4.69. The third kappa shape index (κ3) is 3.13. The number of piperazine rings is 1. The number of ether oxygens (including phenoxy) is 1. The van der Waals surface area contributed by atoms with Crippen molar-refractivity contribution >= 4 is 17.2 Å². The lowest BCUT2D eigenvalue weighted by molar-refractivity contribution is 0.0664. The topological polar surface area (TPSA) is 45.7 Å². The fourth-order valence-electron chi connectivity index (χ4n) is 2.41. The number of likely N-dealkylation sites (N-methyl/N-ethyl adjacent to an activating group) is 1.